The number of anilines is 1. The summed E-state index contributed by atoms with van der Waals surface area (Å²) in [4.78, 5) is 26.5. The second kappa shape index (κ2) is 5.66. The van der Waals surface area contributed by atoms with Crippen molar-refractivity contribution in [3.8, 4) is 0 Å². The maximum atomic E-state index is 13.4. The molecular formula is C13H8ClFN2O3. The van der Waals surface area contributed by atoms with Crippen molar-refractivity contribution in [1.29, 1.82) is 0 Å². The Kier molecular flexibility index (Phi) is 3.95. The normalized spacial score (nSPS) is 10.1. The number of aromatic carboxylic acids is 1. The van der Waals surface area contributed by atoms with Crippen molar-refractivity contribution < 1.29 is 19.1 Å². The molecule has 2 aromatic rings. The lowest BCUT2D eigenvalue weighted by Gasteiger charge is -2.09. The summed E-state index contributed by atoms with van der Waals surface area (Å²) in [6.07, 6.45) is 2.15. The quantitative estimate of drug-likeness (QED) is 0.912. The summed E-state index contributed by atoms with van der Waals surface area (Å²) in [5, 5.41) is 11.6. The van der Waals surface area contributed by atoms with E-state index < -0.39 is 17.7 Å². The second-order valence-corrected chi connectivity index (χ2v) is 4.24. The predicted octanol–water partition coefficient (Wildman–Crippen LogP) is 2.82. The molecule has 0 unspecified atom stereocenters. The number of benzene rings is 1. The van der Waals surface area contributed by atoms with Gasteiger partial charge in [0.05, 0.1) is 23.0 Å². The molecule has 1 amide bonds. The number of hydrogen-bond donors (Lipinski definition) is 2. The second-order valence-electron chi connectivity index (χ2n) is 3.80. The van der Waals surface area contributed by atoms with Crippen LogP contribution in [0, 0.1) is 5.82 Å². The van der Waals surface area contributed by atoms with Gasteiger partial charge in [-0.05, 0) is 24.3 Å². The van der Waals surface area contributed by atoms with Crippen molar-refractivity contribution in [2.24, 2.45) is 0 Å². The highest BCUT2D eigenvalue weighted by Gasteiger charge is 2.16. The molecule has 102 valence electrons. The van der Waals surface area contributed by atoms with Crippen LogP contribution in [-0.4, -0.2) is 22.0 Å². The Morgan fingerprint density at radius 2 is 2.00 bits per heavy atom. The highest BCUT2D eigenvalue weighted by atomic mass is 35.5. The Morgan fingerprint density at radius 3 is 2.65 bits per heavy atom. The summed E-state index contributed by atoms with van der Waals surface area (Å²) in [6, 6.07) is 5.11. The number of halogens is 2. The molecule has 0 aliphatic carbocycles. The molecule has 5 nitrogen and oxygen atoms in total. The van der Waals surface area contributed by atoms with E-state index in [2.05, 4.69) is 10.3 Å². The number of pyridine rings is 1. The van der Waals surface area contributed by atoms with E-state index in [4.69, 9.17) is 16.7 Å². The summed E-state index contributed by atoms with van der Waals surface area (Å²) >= 11 is 5.75. The van der Waals surface area contributed by atoms with Gasteiger partial charge in [-0.2, -0.15) is 0 Å². The number of nitrogens with one attached hydrogen (secondary N) is 1. The first-order valence-electron chi connectivity index (χ1n) is 5.42. The number of carboxylic acids is 1. The van der Waals surface area contributed by atoms with Crippen LogP contribution in [0.1, 0.15) is 20.7 Å². The van der Waals surface area contributed by atoms with E-state index in [1.807, 2.05) is 0 Å². The van der Waals surface area contributed by atoms with E-state index >= 15 is 0 Å². The van der Waals surface area contributed by atoms with Crippen LogP contribution in [0.15, 0.2) is 36.7 Å². The number of rotatable bonds is 3. The monoisotopic (exact) mass is 294 g/mol. The average molecular weight is 295 g/mol. The molecule has 0 aliphatic rings. The van der Waals surface area contributed by atoms with Crippen LogP contribution in [0.5, 0.6) is 0 Å². The minimum atomic E-state index is -1.23. The number of nitrogens with zero attached hydrogens (tertiary/aromatic N) is 1. The van der Waals surface area contributed by atoms with Gasteiger partial charge in [0, 0.05) is 11.2 Å². The summed E-state index contributed by atoms with van der Waals surface area (Å²) < 4.78 is 13.4. The third-order valence-electron chi connectivity index (χ3n) is 2.48. The fourth-order valence-corrected chi connectivity index (χ4v) is 1.73. The molecule has 7 heteroatoms. The molecule has 0 atom stereocenters. The molecule has 1 aromatic carbocycles. The van der Waals surface area contributed by atoms with Crippen LogP contribution in [-0.2, 0) is 0 Å². The largest absolute Gasteiger partial charge is 0.478 e. The number of hydrogen-bond acceptors (Lipinski definition) is 3. The van der Waals surface area contributed by atoms with Crippen molar-refractivity contribution in [3.63, 3.8) is 0 Å². The van der Waals surface area contributed by atoms with E-state index in [9.17, 15) is 14.0 Å². The van der Waals surface area contributed by atoms with Gasteiger partial charge in [0.2, 0.25) is 0 Å². The topological polar surface area (TPSA) is 79.3 Å². The summed E-state index contributed by atoms with van der Waals surface area (Å²) in [6.45, 7) is 0. The first-order valence-corrected chi connectivity index (χ1v) is 5.80. The van der Waals surface area contributed by atoms with Gasteiger partial charge in [-0.25, -0.2) is 9.18 Å². The smallest absolute Gasteiger partial charge is 0.337 e. The molecule has 20 heavy (non-hydrogen) atoms. The highest BCUT2D eigenvalue weighted by molar-refractivity contribution is 6.31. The number of carbonyl (C=O) groups excluding carboxylic acids is 1. The molecular weight excluding hydrogens is 287 g/mol. The Bertz CT molecular complexity index is 691. The summed E-state index contributed by atoms with van der Waals surface area (Å²) in [5.74, 6) is -2.81. The summed E-state index contributed by atoms with van der Waals surface area (Å²) in [7, 11) is 0. The predicted molar refractivity (Wildman–Crippen MR) is 70.6 cm³/mol. The van der Waals surface area contributed by atoms with Crippen LogP contribution in [0.3, 0.4) is 0 Å². The molecule has 0 radical (unpaired) electrons. The van der Waals surface area contributed by atoms with Crippen LogP contribution in [0.2, 0.25) is 5.02 Å². The highest BCUT2D eigenvalue weighted by Crippen LogP contribution is 2.22. The van der Waals surface area contributed by atoms with Gasteiger partial charge in [0.25, 0.3) is 5.91 Å². The molecule has 0 bridgehead atoms. The van der Waals surface area contributed by atoms with E-state index in [0.717, 1.165) is 6.20 Å². The first-order chi connectivity index (χ1) is 9.49. The van der Waals surface area contributed by atoms with E-state index in [-0.39, 0.29) is 21.8 Å². The van der Waals surface area contributed by atoms with Crippen molar-refractivity contribution in [2.75, 3.05) is 5.32 Å². The van der Waals surface area contributed by atoms with Gasteiger partial charge < -0.3 is 10.4 Å². The van der Waals surface area contributed by atoms with Crippen LogP contribution >= 0.6 is 11.6 Å². The zero-order valence-corrected chi connectivity index (χ0v) is 10.7. The van der Waals surface area contributed by atoms with Gasteiger partial charge in [0.1, 0.15) is 0 Å². The molecule has 0 saturated heterocycles. The fraction of sp³-hybridized carbons (Fsp3) is 0. The lowest BCUT2D eigenvalue weighted by atomic mass is 10.1. The van der Waals surface area contributed by atoms with Crippen molar-refractivity contribution >= 4 is 29.2 Å². The van der Waals surface area contributed by atoms with E-state index in [0.29, 0.717) is 0 Å². The molecule has 0 spiro atoms. The first kappa shape index (κ1) is 14.0. The number of aromatic nitrogens is 1. The zero-order chi connectivity index (χ0) is 14.7. The Labute approximate surface area is 118 Å². The SMILES string of the molecule is O=C(Nc1cc(Cl)ccc1C(=O)O)c1ccncc1F. The van der Waals surface area contributed by atoms with Crippen LogP contribution in [0.25, 0.3) is 0 Å². The molecule has 1 heterocycles. The van der Waals surface area contributed by atoms with Gasteiger partial charge in [0.15, 0.2) is 5.82 Å². The molecule has 2 rings (SSSR count). The number of carboxylic acid groups (broad SMARTS) is 1. The molecule has 2 N–H and O–H groups in total. The lowest BCUT2D eigenvalue weighted by Crippen LogP contribution is -2.16. The Morgan fingerprint density at radius 1 is 1.25 bits per heavy atom. The number of amides is 1. The third kappa shape index (κ3) is 2.92. The molecule has 0 fully saturated rings. The van der Waals surface area contributed by atoms with E-state index in [1.165, 1.54) is 30.5 Å². The maximum Gasteiger partial charge on any atom is 0.337 e. The van der Waals surface area contributed by atoms with Gasteiger partial charge in [-0.15, -0.1) is 0 Å². The maximum absolute atomic E-state index is 13.4. The fourth-order valence-electron chi connectivity index (χ4n) is 1.56. The van der Waals surface area contributed by atoms with Crippen LogP contribution < -0.4 is 5.32 Å². The average Bonchev–Trinajstić information content (AvgIpc) is 2.38. The van der Waals surface area contributed by atoms with Crippen molar-refractivity contribution in [2.45, 2.75) is 0 Å². The molecule has 0 saturated carbocycles. The molecule has 0 aliphatic heterocycles. The lowest BCUT2D eigenvalue weighted by molar-refractivity contribution is 0.0698. The minimum Gasteiger partial charge on any atom is -0.478 e. The van der Waals surface area contributed by atoms with Gasteiger partial charge in [-0.3, -0.25) is 9.78 Å². The Hall–Kier alpha value is -2.47. The standard InChI is InChI=1S/C13H8ClFN2O3/c14-7-1-2-9(13(19)20)11(5-7)17-12(18)8-3-4-16-6-10(8)15/h1-6H,(H,17,18)(H,19,20). The van der Waals surface area contributed by atoms with Crippen molar-refractivity contribution in [1.82, 2.24) is 4.98 Å². The van der Waals surface area contributed by atoms with Crippen molar-refractivity contribution in [3.05, 3.63) is 58.6 Å². The Balaban J connectivity index is 2.35. The number of carbonyl (C=O) groups is 2. The minimum absolute atomic E-state index is 0.00814. The van der Waals surface area contributed by atoms with Crippen LogP contribution in [0.4, 0.5) is 10.1 Å². The van der Waals surface area contributed by atoms with Gasteiger partial charge >= 0.3 is 5.97 Å². The van der Waals surface area contributed by atoms with E-state index in [1.54, 1.807) is 0 Å². The third-order valence-corrected chi connectivity index (χ3v) is 2.71. The summed E-state index contributed by atoms with van der Waals surface area (Å²) in [5.41, 5.74) is -0.389. The van der Waals surface area contributed by atoms with Gasteiger partial charge in [-0.1, -0.05) is 11.6 Å². The molecule has 1 aromatic heterocycles. The zero-order valence-electron chi connectivity index (χ0n) is 9.93.